The fraction of sp³-hybridized carbons (Fsp3) is 0.400. The summed E-state index contributed by atoms with van der Waals surface area (Å²) >= 11 is 1.82. The van der Waals surface area contributed by atoms with Crippen molar-refractivity contribution in [3.63, 3.8) is 0 Å². The normalized spacial score (nSPS) is 10.6. The van der Waals surface area contributed by atoms with Crippen molar-refractivity contribution < 1.29 is 0 Å². The van der Waals surface area contributed by atoms with Gasteiger partial charge in [0.15, 0.2) is 0 Å². The molecule has 0 heterocycles. The molecule has 1 aromatic rings. The molecule has 0 saturated carbocycles. The van der Waals surface area contributed by atoms with E-state index in [1.807, 2.05) is 18.0 Å². The van der Waals surface area contributed by atoms with E-state index in [0.717, 1.165) is 13.1 Å². The Balaban J connectivity index is 2.51. The van der Waals surface area contributed by atoms with Crippen molar-refractivity contribution in [2.24, 2.45) is 0 Å². The van der Waals surface area contributed by atoms with E-state index in [-0.39, 0.29) is 0 Å². The fourth-order valence-electron chi connectivity index (χ4n) is 0.983. The predicted molar refractivity (Wildman–Crippen MR) is 55.2 cm³/mol. The van der Waals surface area contributed by atoms with Crippen LogP contribution in [0, 0.1) is 0 Å². The smallest absolute Gasteiger partial charge is 0.0230 e. The lowest BCUT2D eigenvalue weighted by atomic mass is 10.4. The van der Waals surface area contributed by atoms with Crippen LogP contribution < -0.4 is 0 Å². The standard InChI is InChI=1S/C10H15NS/c1-3-11(4-2)12-10-8-6-5-7-9-10/h5-9H,3-4H2,1-2H3. The van der Waals surface area contributed by atoms with Crippen LogP contribution in [0.2, 0.25) is 0 Å². The molecule has 0 aromatic heterocycles. The Labute approximate surface area is 78.9 Å². The van der Waals surface area contributed by atoms with Crippen molar-refractivity contribution in [1.29, 1.82) is 0 Å². The Morgan fingerprint density at radius 1 is 1.08 bits per heavy atom. The highest BCUT2D eigenvalue weighted by atomic mass is 32.2. The lowest BCUT2D eigenvalue weighted by molar-refractivity contribution is 0.525. The van der Waals surface area contributed by atoms with Crippen LogP contribution in [0.5, 0.6) is 0 Å². The molecule has 0 bridgehead atoms. The van der Waals surface area contributed by atoms with Crippen LogP contribution in [-0.4, -0.2) is 17.4 Å². The molecule has 0 fully saturated rings. The van der Waals surface area contributed by atoms with E-state index in [0.29, 0.717) is 0 Å². The number of rotatable bonds is 4. The van der Waals surface area contributed by atoms with E-state index in [9.17, 15) is 0 Å². The average Bonchev–Trinajstić information content (AvgIpc) is 2.16. The highest BCUT2D eigenvalue weighted by Crippen LogP contribution is 2.20. The minimum atomic E-state index is 1.09. The SMILES string of the molecule is CCN(CC)Sc1ccccc1. The third-order valence-corrected chi connectivity index (χ3v) is 2.94. The molecule has 1 rings (SSSR count). The van der Waals surface area contributed by atoms with Gasteiger partial charge in [-0.3, -0.25) is 0 Å². The molecule has 66 valence electrons. The van der Waals surface area contributed by atoms with Crippen molar-refractivity contribution in [2.45, 2.75) is 18.7 Å². The number of hydrogen-bond acceptors (Lipinski definition) is 2. The van der Waals surface area contributed by atoms with E-state index in [2.05, 4.69) is 42.4 Å². The van der Waals surface area contributed by atoms with Gasteiger partial charge < -0.3 is 0 Å². The summed E-state index contributed by atoms with van der Waals surface area (Å²) in [5.74, 6) is 0. The van der Waals surface area contributed by atoms with E-state index < -0.39 is 0 Å². The Bertz CT molecular complexity index is 206. The monoisotopic (exact) mass is 181 g/mol. The van der Waals surface area contributed by atoms with Gasteiger partial charge in [0.1, 0.15) is 0 Å². The Morgan fingerprint density at radius 2 is 1.67 bits per heavy atom. The Morgan fingerprint density at radius 3 is 2.17 bits per heavy atom. The third kappa shape index (κ3) is 2.88. The maximum absolute atomic E-state index is 2.33. The third-order valence-electron chi connectivity index (χ3n) is 1.68. The van der Waals surface area contributed by atoms with Crippen LogP contribution in [0.3, 0.4) is 0 Å². The Hall–Kier alpha value is -0.470. The summed E-state index contributed by atoms with van der Waals surface area (Å²) in [6.07, 6.45) is 0. The molecule has 0 amide bonds. The van der Waals surface area contributed by atoms with Gasteiger partial charge in [-0.05, 0) is 24.1 Å². The minimum absolute atomic E-state index is 1.09. The fourth-order valence-corrected chi connectivity index (χ4v) is 1.82. The van der Waals surface area contributed by atoms with E-state index in [1.54, 1.807) is 0 Å². The molecule has 0 N–H and O–H groups in total. The van der Waals surface area contributed by atoms with E-state index >= 15 is 0 Å². The largest absolute Gasteiger partial charge is 0.247 e. The second-order valence-electron chi connectivity index (χ2n) is 2.52. The summed E-state index contributed by atoms with van der Waals surface area (Å²) in [6.45, 7) is 6.55. The van der Waals surface area contributed by atoms with Gasteiger partial charge in [-0.1, -0.05) is 32.0 Å². The molecule has 0 aliphatic rings. The summed E-state index contributed by atoms with van der Waals surface area (Å²) in [6, 6.07) is 10.5. The number of nitrogens with zero attached hydrogens (tertiary/aromatic N) is 1. The molecule has 1 aromatic carbocycles. The van der Waals surface area contributed by atoms with E-state index in [4.69, 9.17) is 0 Å². The summed E-state index contributed by atoms with van der Waals surface area (Å²) in [7, 11) is 0. The van der Waals surface area contributed by atoms with Crippen molar-refractivity contribution in [2.75, 3.05) is 13.1 Å². The molecular formula is C10H15NS. The maximum Gasteiger partial charge on any atom is 0.0230 e. The van der Waals surface area contributed by atoms with Crippen LogP contribution in [0.25, 0.3) is 0 Å². The van der Waals surface area contributed by atoms with Gasteiger partial charge in [0.05, 0.1) is 0 Å². The van der Waals surface area contributed by atoms with Gasteiger partial charge in [-0.25, -0.2) is 4.31 Å². The molecule has 0 radical (unpaired) electrons. The first-order chi connectivity index (χ1) is 5.86. The second-order valence-corrected chi connectivity index (χ2v) is 3.69. The first-order valence-electron chi connectivity index (χ1n) is 4.34. The van der Waals surface area contributed by atoms with Crippen molar-refractivity contribution in [3.05, 3.63) is 30.3 Å². The highest BCUT2D eigenvalue weighted by molar-refractivity contribution is 7.97. The molecule has 0 aliphatic heterocycles. The first-order valence-corrected chi connectivity index (χ1v) is 5.12. The molecular weight excluding hydrogens is 166 g/mol. The molecule has 0 saturated heterocycles. The highest BCUT2D eigenvalue weighted by Gasteiger charge is 1.99. The van der Waals surface area contributed by atoms with Crippen LogP contribution in [-0.2, 0) is 0 Å². The topological polar surface area (TPSA) is 3.24 Å². The van der Waals surface area contributed by atoms with Crippen molar-refractivity contribution >= 4 is 11.9 Å². The number of hydrogen-bond donors (Lipinski definition) is 0. The lowest BCUT2D eigenvalue weighted by Crippen LogP contribution is -2.13. The van der Waals surface area contributed by atoms with Gasteiger partial charge in [0.2, 0.25) is 0 Å². The zero-order valence-electron chi connectivity index (χ0n) is 7.66. The van der Waals surface area contributed by atoms with E-state index in [1.165, 1.54) is 4.90 Å². The van der Waals surface area contributed by atoms with Gasteiger partial charge in [0.25, 0.3) is 0 Å². The zero-order valence-corrected chi connectivity index (χ0v) is 8.47. The average molecular weight is 181 g/mol. The molecule has 2 heteroatoms. The predicted octanol–water partition coefficient (Wildman–Crippen LogP) is 3.04. The summed E-state index contributed by atoms with van der Waals surface area (Å²) in [5.41, 5.74) is 0. The van der Waals surface area contributed by atoms with Crippen molar-refractivity contribution in [3.8, 4) is 0 Å². The van der Waals surface area contributed by atoms with Gasteiger partial charge in [0, 0.05) is 18.0 Å². The lowest BCUT2D eigenvalue weighted by Gasteiger charge is -2.15. The van der Waals surface area contributed by atoms with Gasteiger partial charge in [-0.15, -0.1) is 0 Å². The molecule has 12 heavy (non-hydrogen) atoms. The molecule has 0 aliphatic carbocycles. The Kier molecular flexibility index (Phi) is 4.19. The maximum atomic E-state index is 2.33. The first kappa shape index (κ1) is 9.62. The molecule has 1 nitrogen and oxygen atoms in total. The summed E-state index contributed by atoms with van der Waals surface area (Å²) in [5, 5.41) is 0. The van der Waals surface area contributed by atoms with Gasteiger partial charge >= 0.3 is 0 Å². The molecule has 0 unspecified atom stereocenters. The van der Waals surface area contributed by atoms with Gasteiger partial charge in [-0.2, -0.15) is 0 Å². The zero-order chi connectivity index (χ0) is 8.81. The quantitative estimate of drug-likeness (QED) is 0.657. The molecule has 0 atom stereocenters. The van der Waals surface area contributed by atoms with Crippen LogP contribution in [0.4, 0.5) is 0 Å². The van der Waals surface area contributed by atoms with Crippen LogP contribution in [0.1, 0.15) is 13.8 Å². The minimum Gasteiger partial charge on any atom is -0.247 e. The number of benzene rings is 1. The summed E-state index contributed by atoms with van der Waals surface area (Å²) in [4.78, 5) is 1.32. The van der Waals surface area contributed by atoms with Crippen LogP contribution >= 0.6 is 11.9 Å². The van der Waals surface area contributed by atoms with Crippen molar-refractivity contribution in [1.82, 2.24) is 4.31 Å². The van der Waals surface area contributed by atoms with Crippen LogP contribution in [0.15, 0.2) is 35.2 Å². The second kappa shape index (κ2) is 5.22. The summed E-state index contributed by atoms with van der Waals surface area (Å²) < 4.78 is 2.33. The molecule has 0 spiro atoms.